The summed E-state index contributed by atoms with van der Waals surface area (Å²) < 4.78 is 12.7. The Labute approximate surface area is 182 Å². The molecule has 0 radical (unpaired) electrons. The van der Waals surface area contributed by atoms with Gasteiger partial charge in [-0.2, -0.15) is 0 Å². The van der Waals surface area contributed by atoms with E-state index in [2.05, 4.69) is 10.3 Å². The van der Waals surface area contributed by atoms with Crippen LogP contribution >= 0.6 is 0 Å². The van der Waals surface area contributed by atoms with Gasteiger partial charge in [0.15, 0.2) is 0 Å². The summed E-state index contributed by atoms with van der Waals surface area (Å²) >= 11 is 0. The van der Waals surface area contributed by atoms with Gasteiger partial charge in [0.05, 0.1) is 19.8 Å². The number of carbonyl (C=O) groups excluding carboxylic acids is 1. The van der Waals surface area contributed by atoms with Crippen molar-refractivity contribution in [1.29, 1.82) is 0 Å². The summed E-state index contributed by atoms with van der Waals surface area (Å²) in [5.74, 6) is 1.23. The molecule has 1 amide bonds. The molecule has 1 aromatic carbocycles. The summed E-state index contributed by atoms with van der Waals surface area (Å²) in [7, 11) is 3.24. The highest BCUT2D eigenvalue weighted by Gasteiger charge is 2.18. The lowest BCUT2D eigenvalue weighted by Gasteiger charge is -2.12. The Morgan fingerprint density at radius 2 is 1.65 bits per heavy atom. The van der Waals surface area contributed by atoms with Crippen molar-refractivity contribution in [3.8, 4) is 11.5 Å². The van der Waals surface area contributed by atoms with Crippen LogP contribution in [0.1, 0.15) is 44.0 Å². The number of hydrogen-bond acceptors (Lipinski definition) is 4. The number of methoxy groups -OCH3 is 2. The molecular weight excluding hydrogens is 394 g/mol. The summed E-state index contributed by atoms with van der Waals surface area (Å²) in [6.07, 6.45) is 1.96. The van der Waals surface area contributed by atoms with E-state index in [-0.39, 0.29) is 18.0 Å². The minimum atomic E-state index is -0.198. The van der Waals surface area contributed by atoms with Crippen LogP contribution in [0.25, 0.3) is 0 Å². The highest BCUT2D eigenvalue weighted by molar-refractivity contribution is 5.96. The Kier molecular flexibility index (Phi) is 6.53. The van der Waals surface area contributed by atoms with Crippen LogP contribution in [0.15, 0.2) is 35.3 Å². The van der Waals surface area contributed by atoms with Crippen molar-refractivity contribution < 1.29 is 14.3 Å². The molecule has 0 unspecified atom stereocenters. The van der Waals surface area contributed by atoms with Crippen molar-refractivity contribution >= 4 is 5.91 Å². The van der Waals surface area contributed by atoms with Crippen molar-refractivity contribution in [3.63, 3.8) is 0 Å². The Morgan fingerprint density at radius 1 is 1.00 bits per heavy atom. The normalized spacial score (nSPS) is 10.8. The smallest absolute Gasteiger partial charge is 0.253 e. The number of aryl methyl sites for hydroxylation is 3. The van der Waals surface area contributed by atoms with Gasteiger partial charge in [0, 0.05) is 42.3 Å². The van der Waals surface area contributed by atoms with E-state index < -0.39 is 0 Å². The highest BCUT2D eigenvalue weighted by atomic mass is 16.5. The zero-order valence-corrected chi connectivity index (χ0v) is 18.9. The predicted octanol–water partition coefficient (Wildman–Crippen LogP) is 3.41. The van der Waals surface area contributed by atoms with Crippen molar-refractivity contribution in [2.45, 2.75) is 40.8 Å². The van der Waals surface area contributed by atoms with Crippen LogP contribution in [-0.2, 0) is 13.1 Å². The third kappa shape index (κ3) is 4.82. The first kappa shape index (κ1) is 22.2. The molecule has 3 rings (SSSR count). The SMILES string of the molecule is COc1cc(Cn2cc(C)c(C(=O)NCc3c(C)cc(C)[nH]c3=O)c2C)cc(OC)c1. The molecule has 0 saturated heterocycles. The number of pyridine rings is 1. The maximum atomic E-state index is 12.9. The molecule has 0 atom stereocenters. The topological polar surface area (TPSA) is 85.4 Å². The molecule has 2 heterocycles. The number of amides is 1. The Balaban J connectivity index is 1.81. The van der Waals surface area contributed by atoms with Gasteiger partial charge in [-0.25, -0.2) is 0 Å². The first-order valence-electron chi connectivity index (χ1n) is 10.1. The number of aromatic nitrogens is 2. The number of rotatable bonds is 7. The summed E-state index contributed by atoms with van der Waals surface area (Å²) in [5.41, 5.74) is 5.41. The van der Waals surface area contributed by atoms with E-state index in [4.69, 9.17) is 9.47 Å². The van der Waals surface area contributed by atoms with Gasteiger partial charge in [0.25, 0.3) is 11.5 Å². The molecule has 7 heteroatoms. The molecule has 31 heavy (non-hydrogen) atoms. The molecular formula is C24H29N3O4. The lowest BCUT2D eigenvalue weighted by atomic mass is 10.1. The number of nitrogens with one attached hydrogen (secondary N) is 2. The molecule has 0 fully saturated rings. The van der Waals surface area contributed by atoms with E-state index in [9.17, 15) is 9.59 Å². The van der Waals surface area contributed by atoms with Crippen molar-refractivity contribution in [2.24, 2.45) is 0 Å². The van der Waals surface area contributed by atoms with E-state index >= 15 is 0 Å². The van der Waals surface area contributed by atoms with Crippen molar-refractivity contribution in [1.82, 2.24) is 14.9 Å². The summed E-state index contributed by atoms with van der Waals surface area (Å²) in [4.78, 5) is 27.9. The fourth-order valence-corrected chi connectivity index (χ4v) is 3.84. The van der Waals surface area contributed by atoms with Crippen molar-refractivity contribution in [2.75, 3.05) is 14.2 Å². The van der Waals surface area contributed by atoms with Crippen LogP contribution in [0.4, 0.5) is 0 Å². The Morgan fingerprint density at radius 3 is 2.23 bits per heavy atom. The molecule has 0 spiro atoms. The van der Waals surface area contributed by atoms with Gasteiger partial charge < -0.3 is 24.3 Å². The quantitative estimate of drug-likeness (QED) is 0.610. The molecule has 2 aromatic heterocycles. The molecule has 2 N–H and O–H groups in total. The van der Waals surface area contributed by atoms with Crippen LogP contribution in [0.3, 0.4) is 0 Å². The second-order valence-corrected chi connectivity index (χ2v) is 7.75. The fourth-order valence-electron chi connectivity index (χ4n) is 3.84. The number of hydrogen-bond donors (Lipinski definition) is 2. The van der Waals surface area contributed by atoms with Crippen LogP contribution in [0, 0.1) is 27.7 Å². The number of carbonyl (C=O) groups is 1. The maximum Gasteiger partial charge on any atom is 0.253 e. The number of ether oxygens (including phenoxy) is 2. The van der Waals surface area contributed by atoms with Crippen molar-refractivity contribution in [3.05, 3.63) is 80.0 Å². The third-order valence-electron chi connectivity index (χ3n) is 5.45. The lowest BCUT2D eigenvalue weighted by molar-refractivity contribution is 0.0949. The van der Waals surface area contributed by atoms with Crippen LogP contribution in [0.5, 0.6) is 11.5 Å². The van der Waals surface area contributed by atoms with E-state index in [1.54, 1.807) is 14.2 Å². The van der Waals surface area contributed by atoms with Gasteiger partial charge in [-0.05, 0) is 62.6 Å². The van der Waals surface area contributed by atoms with Crippen LogP contribution in [-0.4, -0.2) is 29.7 Å². The van der Waals surface area contributed by atoms with Gasteiger partial charge in [-0.15, -0.1) is 0 Å². The van der Waals surface area contributed by atoms with Crippen LogP contribution in [0.2, 0.25) is 0 Å². The average molecular weight is 424 g/mol. The molecule has 7 nitrogen and oxygen atoms in total. The van der Waals surface area contributed by atoms with Gasteiger partial charge in [0.2, 0.25) is 0 Å². The molecule has 0 bridgehead atoms. The number of aromatic amines is 1. The largest absolute Gasteiger partial charge is 0.497 e. The fraction of sp³-hybridized carbons (Fsp3) is 0.333. The zero-order chi connectivity index (χ0) is 22.7. The summed E-state index contributed by atoms with van der Waals surface area (Å²) in [6.45, 7) is 8.29. The molecule has 0 aliphatic heterocycles. The monoisotopic (exact) mass is 423 g/mol. The lowest BCUT2D eigenvalue weighted by Crippen LogP contribution is -2.28. The van der Waals surface area contributed by atoms with E-state index in [0.29, 0.717) is 29.2 Å². The maximum absolute atomic E-state index is 12.9. The minimum Gasteiger partial charge on any atom is -0.497 e. The second-order valence-electron chi connectivity index (χ2n) is 7.75. The van der Waals surface area contributed by atoms with Gasteiger partial charge >= 0.3 is 0 Å². The number of benzene rings is 1. The highest BCUT2D eigenvalue weighted by Crippen LogP contribution is 2.25. The molecule has 0 aliphatic carbocycles. The molecule has 164 valence electrons. The van der Waals surface area contributed by atoms with Gasteiger partial charge in [0.1, 0.15) is 11.5 Å². The minimum absolute atomic E-state index is 0.171. The first-order valence-corrected chi connectivity index (χ1v) is 10.1. The second kappa shape index (κ2) is 9.12. The first-order chi connectivity index (χ1) is 14.7. The number of H-pyrrole nitrogens is 1. The van der Waals surface area contributed by atoms with E-state index in [0.717, 1.165) is 28.1 Å². The zero-order valence-electron chi connectivity index (χ0n) is 18.9. The van der Waals surface area contributed by atoms with Gasteiger partial charge in [-0.3, -0.25) is 9.59 Å². The van der Waals surface area contributed by atoms with E-state index in [1.165, 1.54) is 0 Å². The molecule has 0 saturated carbocycles. The van der Waals surface area contributed by atoms with Gasteiger partial charge in [-0.1, -0.05) is 0 Å². The molecule has 0 aliphatic rings. The molecule has 3 aromatic rings. The summed E-state index contributed by atoms with van der Waals surface area (Å²) in [5, 5.41) is 2.90. The predicted molar refractivity (Wildman–Crippen MR) is 120 cm³/mol. The third-order valence-corrected chi connectivity index (χ3v) is 5.45. The Bertz CT molecular complexity index is 1150. The Hall–Kier alpha value is -3.48. The number of nitrogens with zero attached hydrogens (tertiary/aromatic N) is 1. The average Bonchev–Trinajstić information content (AvgIpc) is 2.99. The summed E-state index contributed by atoms with van der Waals surface area (Å²) in [6, 6.07) is 7.62. The standard InChI is InChI=1S/C24H29N3O4/c1-14-7-16(3)26-23(28)21(14)11-25-24(29)22-15(2)12-27(17(22)4)13-18-8-19(30-5)10-20(9-18)31-6/h7-10,12H,11,13H2,1-6H3,(H,25,29)(H,26,28). The van der Waals surface area contributed by atoms with Crippen LogP contribution < -0.4 is 20.3 Å². The van der Waals surface area contributed by atoms with E-state index in [1.807, 2.05) is 62.7 Å².